The predicted molar refractivity (Wildman–Crippen MR) is 99.1 cm³/mol. The molecule has 1 aromatic rings. The lowest BCUT2D eigenvalue weighted by Gasteiger charge is -2.10. The summed E-state index contributed by atoms with van der Waals surface area (Å²) in [6.45, 7) is 2.41. The van der Waals surface area contributed by atoms with Gasteiger partial charge in [-0.25, -0.2) is 13.1 Å². The van der Waals surface area contributed by atoms with Crippen molar-refractivity contribution in [1.29, 1.82) is 0 Å². The van der Waals surface area contributed by atoms with E-state index in [9.17, 15) is 8.42 Å². The van der Waals surface area contributed by atoms with Gasteiger partial charge < -0.3 is 0 Å². The first-order valence-corrected chi connectivity index (χ1v) is 11.0. The summed E-state index contributed by atoms with van der Waals surface area (Å²) in [7, 11) is -3.45. The molecule has 7 heteroatoms. The molecule has 0 aromatic heterocycles. The van der Waals surface area contributed by atoms with Crippen LogP contribution < -0.4 is 4.72 Å². The van der Waals surface area contributed by atoms with E-state index in [0.29, 0.717) is 11.0 Å². The van der Waals surface area contributed by atoms with Crippen LogP contribution in [0.1, 0.15) is 31.2 Å². The van der Waals surface area contributed by atoms with Gasteiger partial charge in [0.15, 0.2) is 0 Å². The van der Waals surface area contributed by atoms with Crippen molar-refractivity contribution in [3.63, 3.8) is 0 Å². The molecule has 1 aromatic carbocycles. The van der Waals surface area contributed by atoms with Crippen LogP contribution in [-0.2, 0) is 10.0 Å². The summed E-state index contributed by atoms with van der Waals surface area (Å²) in [6, 6.07) is 3.44. The number of hydrogen-bond acceptors (Lipinski definition) is 2. The van der Waals surface area contributed by atoms with E-state index in [1.54, 1.807) is 12.1 Å². The van der Waals surface area contributed by atoms with E-state index < -0.39 is 10.0 Å². The number of benzene rings is 1. The molecule has 0 saturated carbocycles. The minimum Gasteiger partial charge on any atom is -0.211 e. The van der Waals surface area contributed by atoms with Crippen LogP contribution >= 0.6 is 54.5 Å². The maximum Gasteiger partial charge on any atom is 0.241 e. The van der Waals surface area contributed by atoms with Gasteiger partial charge in [-0.05, 0) is 57.8 Å². The van der Waals surface area contributed by atoms with E-state index in [4.69, 9.17) is 0 Å². The fourth-order valence-corrected chi connectivity index (χ4v) is 4.98. The highest BCUT2D eigenvalue weighted by atomic mass is 127. The number of alkyl halides is 1. The second kappa shape index (κ2) is 9.07. The molecule has 0 spiro atoms. The molecule has 0 bridgehead atoms. The van der Waals surface area contributed by atoms with Gasteiger partial charge in [0.1, 0.15) is 0 Å². The van der Waals surface area contributed by atoms with Gasteiger partial charge in [-0.1, -0.05) is 51.4 Å². The average molecular weight is 539 g/mol. The molecule has 1 N–H and O–H groups in total. The Morgan fingerprint density at radius 3 is 2.40 bits per heavy atom. The third-order valence-electron chi connectivity index (χ3n) is 2.86. The Morgan fingerprint density at radius 2 is 1.75 bits per heavy atom. The van der Waals surface area contributed by atoms with Crippen LogP contribution in [0.2, 0.25) is 0 Å². The summed E-state index contributed by atoms with van der Waals surface area (Å²) < 4.78 is 29.7. The summed E-state index contributed by atoms with van der Waals surface area (Å²) in [5.74, 6) is 0. The molecule has 0 heterocycles. The van der Waals surface area contributed by atoms with Crippen LogP contribution in [-0.4, -0.2) is 19.4 Å². The molecular weight excluding hydrogens is 521 g/mol. The van der Waals surface area contributed by atoms with E-state index >= 15 is 0 Å². The fourth-order valence-electron chi connectivity index (χ4n) is 1.69. The van der Waals surface area contributed by atoms with E-state index in [1.165, 1.54) is 6.42 Å². The van der Waals surface area contributed by atoms with E-state index in [0.717, 1.165) is 33.7 Å². The Hall–Kier alpha value is 0.820. The molecule has 3 nitrogen and oxygen atoms in total. The van der Waals surface area contributed by atoms with Crippen molar-refractivity contribution in [3.05, 3.63) is 26.6 Å². The molecule has 0 aliphatic heterocycles. The van der Waals surface area contributed by atoms with Crippen molar-refractivity contribution in [2.75, 3.05) is 11.0 Å². The number of aryl methyl sites for hydroxylation is 1. The third kappa shape index (κ3) is 5.90. The quantitative estimate of drug-likeness (QED) is 0.294. The molecule has 0 atom stereocenters. The average Bonchev–Trinajstić information content (AvgIpc) is 2.37. The second-order valence-electron chi connectivity index (χ2n) is 4.53. The molecule has 0 aliphatic carbocycles. The van der Waals surface area contributed by atoms with E-state index in [2.05, 4.69) is 59.2 Å². The van der Waals surface area contributed by atoms with Crippen molar-refractivity contribution < 1.29 is 8.42 Å². The van der Waals surface area contributed by atoms with Gasteiger partial charge in [-0.2, -0.15) is 0 Å². The lowest BCUT2D eigenvalue weighted by molar-refractivity contribution is 0.573. The van der Waals surface area contributed by atoms with Gasteiger partial charge in [-0.15, -0.1) is 0 Å². The van der Waals surface area contributed by atoms with Gasteiger partial charge in [0.2, 0.25) is 10.0 Å². The lowest BCUT2D eigenvalue weighted by atomic mass is 10.2. The van der Waals surface area contributed by atoms with Crippen LogP contribution in [0, 0.1) is 6.92 Å². The smallest absolute Gasteiger partial charge is 0.211 e. The number of halogens is 3. The Bertz CT molecular complexity index is 550. The van der Waals surface area contributed by atoms with Crippen molar-refractivity contribution in [2.24, 2.45) is 0 Å². The fraction of sp³-hybridized carbons (Fsp3) is 0.538. The van der Waals surface area contributed by atoms with Crippen LogP contribution in [0.3, 0.4) is 0 Å². The normalized spacial score (nSPS) is 11.8. The summed E-state index contributed by atoms with van der Waals surface area (Å²) in [6.07, 6.45) is 4.29. The lowest BCUT2D eigenvalue weighted by Crippen LogP contribution is -2.25. The van der Waals surface area contributed by atoms with Gasteiger partial charge in [-0.3, -0.25) is 0 Å². The highest BCUT2D eigenvalue weighted by Crippen LogP contribution is 2.28. The molecule has 0 unspecified atom stereocenters. The molecule has 0 fully saturated rings. The first kappa shape index (κ1) is 18.9. The molecular formula is C13H18Br2INO2S. The Labute approximate surface area is 151 Å². The van der Waals surface area contributed by atoms with Crippen LogP contribution in [0.25, 0.3) is 0 Å². The maximum absolute atomic E-state index is 12.2. The zero-order valence-electron chi connectivity index (χ0n) is 11.3. The summed E-state index contributed by atoms with van der Waals surface area (Å²) >= 11 is 9.05. The maximum atomic E-state index is 12.2. The highest BCUT2D eigenvalue weighted by Gasteiger charge is 2.18. The molecule has 20 heavy (non-hydrogen) atoms. The SMILES string of the molecule is Cc1cc(Br)c(S(=O)(=O)NCCCCCCI)cc1Br. The van der Waals surface area contributed by atoms with Crippen molar-refractivity contribution in [1.82, 2.24) is 4.72 Å². The summed E-state index contributed by atoms with van der Waals surface area (Å²) in [5.41, 5.74) is 0.995. The Morgan fingerprint density at radius 1 is 1.10 bits per heavy atom. The second-order valence-corrected chi connectivity index (χ2v) is 9.06. The van der Waals surface area contributed by atoms with Gasteiger partial charge in [0, 0.05) is 15.5 Å². The minimum atomic E-state index is -3.45. The molecule has 0 aliphatic rings. The van der Waals surface area contributed by atoms with Crippen LogP contribution in [0.4, 0.5) is 0 Å². The van der Waals surface area contributed by atoms with Gasteiger partial charge in [0.05, 0.1) is 4.90 Å². The number of hydrogen-bond donors (Lipinski definition) is 1. The van der Waals surface area contributed by atoms with Crippen molar-refractivity contribution in [2.45, 2.75) is 37.5 Å². The third-order valence-corrected chi connectivity index (χ3v) is 6.89. The standard InChI is InChI=1S/C13H18Br2INO2S/c1-10-8-12(15)13(9-11(10)14)20(18,19)17-7-5-3-2-4-6-16/h8-9,17H,2-7H2,1H3. The number of unbranched alkanes of at least 4 members (excludes halogenated alkanes) is 3. The van der Waals surface area contributed by atoms with Crippen molar-refractivity contribution >= 4 is 64.5 Å². The monoisotopic (exact) mass is 537 g/mol. The van der Waals surface area contributed by atoms with Crippen LogP contribution in [0.5, 0.6) is 0 Å². The molecule has 0 radical (unpaired) electrons. The number of sulfonamides is 1. The van der Waals surface area contributed by atoms with E-state index in [-0.39, 0.29) is 4.90 Å². The van der Waals surface area contributed by atoms with Gasteiger partial charge in [0.25, 0.3) is 0 Å². The van der Waals surface area contributed by atoms with E-state index in [1.807, 2.05) is 6.92 Å². The number of rotatable bonds is 8. The largest absolute Gasteiger partial charge is 0.241 e. The first-order valence-electron chi connectivity index (χ1n) is 6.40. The van der Waals surface area contributed by atoms with Gasteiger partial charge >= 0.3 is 0 Å². The Balaban J connectivity index is 2.63. The zero-order chi connectivity index (χ0) is 15.2. The summed E-state index contributed by atoms with van der Waals surface area (Å²) in [5, 5.41) is 0. The minimum absolute atomic E-state index is 0.280. The molecule has 114 valence electrons. The van der Waals surface area contributed by atoms with Crippen molar-refractivity contribution in [3.8, 4) is 0 Å². The predicted octanol–water partition coefficient (Wildman–Crippen LogP) is 4.79. The Kier molecular flexibility index (Phi) is 8.56. The molecule has 1 rings (SSSR count). The van der Waals surface area contributed by atoms with Crippen LogP contribution in [0.15, 0.2) is 26.0 Å². The number of nitrogens with one attached hydrogen (secondary N) is 1. The highest BCUT2D eigenvalue weighted by molar-refractivity contribution is 14.1. The molecule has 0 saturated heterocycles. The summed E-state index contributed by atoms with van der Waals surface area (Å²) in [4.78, 5) is 0.280. The molecule has 0 amide bonds. The topological polar surface area (TPSA) is 46.2 Å². The first-order chi connectivity index (χ1) is 9.38. The zero-order valence-corrected chi connectivity index (χ0v) is 17.4.